The third-order valence-electron chi connectivity index (χ3n) is 8.82. The zero-order valence-electron chi connectivity index (χ0n) is 15.6. The predicted octanol–water partition coefficient (Wildman–Crippen LogP) is 3.39. The molecule has 0 saturated heterocycles. The van der Waals surface area contributed by atoms with Gasteiger partial charge in [-0.15, -0.1) is 0 Å². The number of allylic oxidation sites excluding steroid dienone is 1. The molecule has 136 valence electrons. The second-order valence-electron chi connectivity index (χ2n) is 9.72. The largest absolute Gasteiger partial charge is 0.390 e. The van der Waals surface area contributed by atoms with Crippen LogP contribution in [0.4, 0.5) is 0 Å². The molecule has 0 aromatic carbocycles. The molecule has 4 rings (SSSR count). The van der Waals surface area contributed by atoms with Gasteiger partial charge in [0.25, 0.3) is 0 Å². The van der Waals surface area contributed by atoms with E-state index in [0.717, 1.165) is 25.7 Å². The Labute approximate surface area is 146 Å². The van der Waals surface area contributed by atoms with Crippen molar-refractivity contribution in [2.45, 2.75) is 90.4 Å². The summed E-state index contributed by atoms with van der Waals surface area (Å²) in [5, 5.41) is 22.1. The van der Waals surface area contributed by atoms with E-state index in [-0.39, 0.29) is 23.3 Å². The lowest BCUT2D eigenvalue weighted by molar-refractivity contribution is -0.172. The van der Waals surface area contributed by atoms with Gasteiger partial charge in [0.2, 0.25) is 0 Å². The van der Waals surface area contributed by atoms with Crippen LogP contribution in [0.1, 0.15) is 72.1 Å². The van der Waals surface area contributed by atoms with E-state index in [0.29, 0.717) is 11.3 Å². The summed E-state index contributed by atoms with van der Waals surface area (Å²) < 4.78 is 0. The van der Waals surface area contributed by atoms with Crippen molar-refractivity contribution in [3.8, 4) is 0 Å². The monoisotopic (exact) mass is 333 g/mol. The number of fused-ring (bicyclic) bond motifs is 4. The van der Waals surface area contributed by atoms with Gasteiger partial charge in [0, 0.05) is 12.0 Å². The molecule has 0 aliphatic heterocycles. The SMILES string of the molecule is CCC1(C)CCC2=C1CCC1C2C(O)C(O)C2CC(N)CCC21C. The second-order valence-corrected chi connectivity index (χ2v) is 9.72. The molecule has 2 fully saturated rings. The van der Waals surface area contributed by atoms with Gasteiger partial charge >= 0.3 is 0 Å². The van der Waals surface area contributed by atoms with Crippen molar-refractivity contribution in [3.05, 3.63) is 11.1 Å². The van der Waals surface area contributed by atoms with Crippen LogP contribution in [0, 0.1) is 28.6 Å². The fourth-order valence-electron chi connectivity index (χ4n) is 7.06. The van der Waals surface area contributed by atoms with Crippen molar-refractivity contribution in [3.63, 3.8) is 0 Å². The van der Waals surface area contributed by atoms with Gasteiger partial charge in [-0.1, -0.05) is 31.9 Å². The lowest BCUT2D eigenvalue weighted by atomic mass is 9.47. The molecule has 3 nitrogen and oxygen atoms in total. The van der Waals surface area contributed by atoms with E-state index in [9.17, 15) is 10.2 Å². The molecule has 0 amide bonds. The lowest BCUT2D eigenvalue weighted by Crippen LogP contribution is -2.61. The first-order valence-electron chi connectivity index (χ1n) is 10.2. The molecular formula is C21H35NO2. The number of nitrogens with two attached hydrogens (primary N) is 1. The molecular weight excluding hydrogens is 298 g/mol. The fraction of sp³-hybridized carbons (Fsp3) is 0.905. The molecule has 0 spiro atoms. The minimum atomic E-state index is -0.608. The van der Waals surface area contributed by atoms with Gasteiger partial charge in [-0.2, -0.15) is 0 Å². The van der Waals surface area contributed by atoms with Gasteiger partial charge in [0.15, 0.2) is 0 Å². The molecule has 0 radical (unpaired) electrons. The Bertz CT molecular complexity index is 558. The van der Waals surface area contributed by atoms with Crippen LogP contribution in [0.5, 0.6) is 0 Å². The molecule has 0 heterocycles. The maximum absolute atomic E-state index is 11.1. The van der Waals surface area contributed by atoms with Crippen molar-refractivity contribution >= 4 is 0 Å². The summed E-state index contributed by atoms with van der Waals surface area (Å²) in [5.74, 6) is 0.873. The van der Waals surface area contributed by atoms with E-state index in [1.54, 1.807) is 5.57 Å². The Kier molecular flexibility index (Phi) is 3.95. The Morgan fingerprint density at radius 3 is 2.50 bits per heavy atom. The normalized spacial score (nSPS) is 54.2. The summed E-state index contributed by atoms with van der Waals surface area (Å²) in [6, 6.07) is 0.190. The van der Waals surface area contributed by atoms with Crippen molar-refractivity contribution in [2.24, 2.45) is 34.3 Å². The van der Waals surface area contributed by atoms with Crippen LogP contribution in [-0.4, -0.2) is 28.5 Å². The van der Waals surface area contributed by atoms with E-state index >= 15 is 0 Å². The van der Waals surface area contributed by atoms with E-state index < -0.39 is 12.2 Å². The summed E-state index contributed by atoms with van der Waals surface area (Å²) in [6.07, 6.45) is 7.78. The Hall–Kier alpha value is -0.380. The lowest BCUT2D eigenvalue weighted by Gasteiger charge is -2.60. The van der Waals surface area contributed by atoms with E-state index in [1.807, 2.05) is 0 Å². The van der Waals surface area contributed by atoms with Crippen LogP contribution in [0.2, 0.25) is 0 Å². The van der Waals surface area contributed by atoms with Crippen LogP contribution in [0.3, 0.4) is 0 Å². The standard InChI is InChI=1S/C21H35NO2/c1-4-20(2)9-8-13-14(20)5-6-15-17(13)19(24)18(23)16-11-12(22)7-10-21(15,16)3/h12,15-19,23-24H,4-11,22H2,1-3H3. The summed E-state index contributed by atoms with van der Waals surface area (Å²) in [4.78, 5) is 0. The third-order valence-corrected chi connectivity index (χ3v) is 8.82. The summed E-state index contributed by atoms with van der Waals surface area (Å²) in [5.41, 5.74) is 9.84. The highest BCUT2D eigenvalue weighted by molar-refractivity contribution is 5.35. The predicted molar refractivity (Wildman–Crippen MR) is 96.3 cm³/mol. The zero-order chi connectivity index (χ0) is 17.3. The molecule has 3 heteroatoms. The van der Waals surface area contributed by atoms with Crippen LogP contribution < -0.4 is 5.73 Å². The summed E-state index contributed by atoms with van der Waals surface area (Å²) in [7, 11) is 0. The highest BCUT2D eigenvalue weighted by atomic mass is 16.3. The fourth-order valence-corrected chi connectivity index (χ4v) is 7.06. The minimum Gasteiger partial charge on any atom is -0.390 e. The Balaban J connectivity index is 1.75. The smallest absolute Gasteiger partial charge is 0.0870 e. The molecule has 8 unspecified atom stereocenters. The number of rotatable bonds is 1. The van der Waals surface area contributed by atoms with Gasteiger partial charge in [-0.25, -0.2) is 0 Å². The van der Waals surface area contributed by atoms with Gasteiger partial charge in [-0.3, -0.25) is 0 Å². The molecule has 24 heavy (non-hydrogen) atoms. The van der Waals surface area contributed by atoms with E-state index in [2.05, 4.69) is 20.8 Å². The maximum atomic E-state index is 11.1. The Morgan fingerprint density at radius 2 is 1.79 bits per heavy atom. The third kappa shape index (κ3) is 2.13. The van der Waals surface area contributed by atoms with E-state index in [4.69, 9.17) is 5.73 Å². The highest BCUT2D eigenvalue weighted by Crippen LogP contribution is 2.63. The van der Waals surface area contributed by atoms with Crippen molar-refractivity contribution in [1.29, 1.82) is 0 Å². The number of hydrogen-bond acceptors (Lipinski definition) is 3. The zero-order valence-corrected chi connectivity index (χ0v) is 15.6. The van der Waals surface area contributed by atoms with Crippen molar-refractivity contribution < 1.29 is 10.2 Å². The van der Waals surface area contributed by atoms with E-state index in [1.165, 1.54) is 31.3 Å². The molecule has 0 aromatic heterocycles. The molecule has 2 saturated carbocycles. The first-order chi connectivity index (χ1) is 11.3. The molecule has 4 aliphatic carbocycles. The second kappa shape index (κ2) is 5.56. The van der Waals surface area contributed by atoms with Crippen LogP contribution in [0.15, 0.2) is 11.1 Å². The summed E-state index contributed by atoms with van der Waals surface area (Å²) in [6.45, 7) is 7.09. The van der Waals surface area contributed by atoms with Crippen LogP contribution in [0.25, 0.3) is 0 Å². The average molecular weight is 334 g/mol. The number of hydrogen-bond donors (Lipinski definition) is 3. The maximum Gasteiger partial charge on any atom is 0.0870 e. The van der Waals surface area contributed by atoms with Gasteiger partial charge in [0.1, 0.15) is 0 Å². The average Bonchev–Trinajstić information content (AvgIpc) is 2.92. The Morgan fingerprint density at radius 1 is 1.04 bits per heavy atom. The first-order valence-corrected chi connectivity index (χ1v) is 10.2. The van der Waals surface area contributed by atoms with Gasteiger partial charge in [0.05, 0.1) is 12.2 Å². The molecule has 0 aromatic rings. The number of aliphatic hydroxyl groups excluding tert-OH is 2. The van der Waals surface area contributed by atoms with Crippen LogP contribution in [-0.2, 0) is 0 Å². The molecule has 0 bridgehead atoms. The molecule has 4 N–H and O–H groups in total. The molecule has 4 aliphatic rings. The summed E-state index contributed by atoms with van der Waals surface area (Å²) >= 11 is 0. The van der Waals surface area contributed by atoms with Crippen LogP contribution >= 0.6 is 0 Å². The first kappa shape index (κ1) is 17.1. The number of aliphatic hydroxyl groups is 2. The highest BCUT2D eigenvalue weighted by Gasteiger charge is 2.60. The quantitative estimate of drug-likeness (QED) is 0.644. The topological polar surface area (TPSA) is 66.5 Å². The van der Waals surface area contributed by atoms with Crippen molar-refractivity contribution in [1.82, 2.24) is 0 Å². The minimum absolute atomic E-state index is 0.142. The van der Waals surface area contributed by atoms with Crippen molar-refractivity contribution in [2.75, 3.05) is 0 Å². The van der Waals surface area contributed by atoms with Gasteiger partial charge in [-0.05, 0) is 74.0 Å². The molecule has 8 atom stereocenters. The van der Waals surface area contributed by atoms with Gasteiger partial charge < -0.3 is 15.9 Å².